The van der Waals surface area contributed by atoms with Crippen LogP contribution < -0.4 is 15.4 Å². The number of rotatable bonds is 9. The first-order valence-electron chi connectivity index (χ1n) is 12.4. The maximum Gasteiger partial charge on any atom is 0.266 e. The summed E-state index contributed by atoms with van der Waals surface area (Å²) in [6, 6.07) is 22.6. The van der Waals surface area contributed by atoms with E-state index in [9.17, 15) is 19.2 Å². The molecule has 2 heterocycles. The Hall–Kier alpha value is -4.37. The third-order valence-electron chi connectivity index (χ3n) is 6.66. The lowest BCUT2D eigenvalue weighted by Crippen LogP contribution is -2.54. The standard InChI is InChI=1S/C29H26FN3O5/c30-20(16-31-26(18-8-3-1-4-9-18)19-10-5-2-6-11-19)17-38-23-13-7-12-21-25(23)29(37)33(28(21)36)22-14-15-24(34)32-27(22)35/h1-13,20,22,26,31H,14-17H2,(H,32,34,35). The quantitative estimate of drug-likeness (QED) is 0.424. The first kappa shape index (κ1) is 25.3. The Bertz CT molecular complexity index is 1330. The minimum Gasteiger partial charge on any atom is -0.490 e. The first-order chi connectivity index (χ1) is 18.4. The zero-order chi connectivity index (χ0) is 26.6. The van der Waals surface area contributed by atoms with Crippen LogP contribution in [0, 0.1) is 0 Å². The number of halogens is 1. The van der Waals surface area contributed by atoms with Crippen molar-refractivity contribution in [3.8, 4) is 5.75 Å². The van der Waals surface area contributed by atoms with Crippen molar-refractivity contribution in [1.29, 1.82) is 0 Å². The van der Waals surface area contributed by atoms with Crippen molar-refractivity contribution >= 4 is 23.6 Å². The van der Waals surface area contributed by atoms with Gasteiger partial charge in [-0.3, -0.25) is 29.4 Å². The van der Waals surface area contributed by atoms with Gasteiger partial charge >= 0.3 is 0 Å². The van der Waals surface area contributed by atoms with Gasteiger partial charge in [-0.25, -0.2) is 4.39 Å². The van der Waals surface area contributed by atoms with Gasteiger partial charge in [-0.15, -0.1) is 0 Å². The van der Waals surface area contributed by atoms with Gasteiger partial charge in [0.15, 0.2) is 0 Å². The highest BCUT2D eigenvalue weighted by Gasteiger charge is 2.46. The number of nitrogens with zero attached hydrogens (tertiary/aromatic N) is 1. The summed E-state index contributed by atoms with van der Waals surface area (Å²) in [5.74, 6) is -2.41. The smallest absolute Gasteiger partial charge is 0.266 e. The van der Waals surface area contributed by atoms with Crippen molar-refractivity contribution in [2.45, 2.75) is 31.1 Å². The molecule has 8 nitrogen and oxygen atoms in total. The average Bonchev–Trinajstić information content (AvgIpc) is 3.19. The predicted octanol–water partition coefficient (Wildman–Crippen LogP) is 3.18. The number of hydrogen-bond donors (Lipinski definition) is 2. The van der Waals surface area contributed by atoms with Gasteiger partial charge in [-0.05, 0) is 29.7 Å². The second-order valence-electron chi connectivity index (χ2n) is 9.20. The maximum atomic E-state index is 15.0. The Morgan fingerprint density at radius 3 is 2.18 bits per heavy atom. The number of piperidine rings is 1. The molecule has 1 saturated heterocycles. The summed E-state index contributed by atoms with van der Waals surface area (Å²) < 4.78 is 20.7. The Morgan fingerprint density at radius 1 is 0.895 bits per heavy atom. The van der Waals surface area contributed by atoms with E-state index < -0.39 is 35.8 Å². The molecule has 2 N–H and O–H groups in total. The molecule has 0 aromatic heterocycles. The van der Waals surface area contributed by atoms with E-state index in [0.29, 0.717) is 0 Å². The number of carbonyl (C=O) groups excluding carboxylic acids is 4. The number of carbonyl (C=O) groups is 4. The number of amides is 4. The number of alkyl halides is 1. The number of benzene rings is 3. The molecule has 0 saturated carbocycles. The van der Waals surface area contributed by atoms with Gasteiger partial charge in [-0.1, -0.05) is 66.7 Å². The molecule has 38 heavy (non-hydrogen) atoms. The molecule has 3 aromatic rings. The molecule has 4 amide bonds. The highest BCUT2D eigenvalue weighted by Crippen LogP contribution is 2.33. The second kappa shape index (κ2) is 10.9. The van der Waals surface area contributed by atoms with E-state index in [2.05, 4.69) is 10.6 Å². The van der Waals surface area contributed by atoms with E-state index in [4.69, 9.17) is 4.74 Å². The van der Waals surface area contributed by atoms with Crippen LogP contribution in [0.4, 0.5) is 4.39 Å². The van der Waals surface area contributed by atoms with Crippen LogP contribution in [0.2, 0.25) is 0 Å². The van der Waals surface area contributed by atoms with Crippen LogP contribution in [0.3, 0.4) is 0 Å². The van der Waals surface area contributed by atoms with E-state index in [0.717, 1.165) is 16.0 Å². The van der Waals surface area contributed by atoms with Crippen LogP contribution in [0.15, 0.2) is 78.9 Å². The zero-order valence-electron chi connectivity index (χ0n) is 20.4. The number of imide groups is 2. The summed E-state index contributed by atoms with van der Waals surface area (Å²) >= 11 is 0. The topological polar surface area (TPSA) is 105 Å². The largest absolute Gasteiger partial charge is 0.490 e. The van der Waals surface area contributed by atoms with Gasteiger partial charge in [0.2, 0.25) is 11.8 Å². The maximum absolute atomic E-state index is 15.0. The van der Waals surface area contributed by atoms with Crippen molar-refractivity contribution in [3.05, 3.63) is 101 Å². The summed E-state index contributed by atoms with van der Waals surface area (Å²) in [7, 11) is 0. The molecule has 9 heteroatoms. The molecule has 0 aliphatic carbocycles. The van der Waals surface area contributed by atoms with E-state index >= 15 is 4.39 Å². The van der Waals surface area contributed by atoms with Crippen molar-refractivity contribution in [2.75, 3.05) is 13.2 Å². The van der Waals surface area contributed by atoms with Crippen molar-refractivity contribution in [2.24, 2.45) is 0 Å². The lowest BCUT2D eigenvalue weighted by Gasteiger charge is -2.27. The Kier molecular flexibility index (Phi) is 7.28. The van der Waals surface area contributed by atoms with Gasteiger partial charge in [0.1, 0.15) is 24.6 Å². The summed E-state index contributed by atoms with van der Waals surface area (Å²) in [6.45, 7) is -0.363. The van der Waals surface area contributed by atoms with Crippen LogP contribution >= 0.6 is 0 Å². The van der Waals surface area contributed by atoms with E-state index in [1.165, 1.54) is 12.1 Å². The highest BCUT2D eigenvalue weighted by molar-refractivity contribution is 6.24. The van der Waals surface area contributed by atoms with E-state index in [-0.39, 0.29) is 48.9 Å². The molecule has 0 radical (unpaired) electrons. The van der Waals surface area contributed by atoms with Crippen molar-refractivity contribution < 1.29 is 28.3 Å². The van der Waals surface area contributed by atoms with Gasteiger partial charge in [0, 0.05) is 13.0 Å². The lowest BCUT2D eigenvalue weighted by molar-refractivity contribution is -0.136. The first-order valence-corrected chi connectivity index (χ1v) is 12.4. The Labute approximate surface area is 218 Å². The molecule has 3 aromatic carbocycles. The molecule has 5 rings (SSSR count). The van der Waals surface area contributed by atoms with Crippen LogP contribution in [0.25, 0.3) is 0 Å². The molecule has 2 aliphatic rings. The zero-order valence-corrected chi connectivity index (χ0v) is 20.4. The third-order valence-corrected chi connectivity index (χ3v) is 6.66. The molecule has 2 atom stereocenters. The molecule has 0 bridgehead atoms. The summed E-state index contributed by atoms with van der Waals surface area (Å²) in [5, 5.41) is 5.42. The predicted molar refractivity (Wildman–Crippen MR) is 136 cm³/mol. The third kappa shape index (κ3) is 5.05. The fourth-order valence-electron chi connectivity index (χ4n) is 4.81. The van der Waals surface area contributed by atoms with E-state index in [1.54, 1.807) is 6.07 Å². The fraction of sp³-hybridized carbons (Fsp3) is 0.241. The van der Waals surface area contributed by atoms with Gasteiger partial charge in [-0.2, -0.15) is 0 Å². The minimum absolute atomic E-state index is 0.00573. The Balaban J connectivity index is 1.26. The average molecular weight is 516 g/mol. The van der Waals surface area contributed by atoms with Crippen LogP contribution in [0.5, 0.6) is 5.75 Å². The van der Waals surface area contributed by atoms with E-state index in [1.807, 2.05) is 60.7 Å². The molecular formula is C29H26FN3O5. The monoisotopic (exact) mass is 515 g/mol. The SMILES string of the molecule is O=C1CCC(N2C(=O)c3cccc(OCC(F)CNC(c4ccccc4)c4ccccc4)c3C2=O)C(=O)N1. The fourth-order valence-corrected chi connectivity index (χ4v) is 4.81. The lowest BCUT2D eigenvalue weighted by atomic mass is 9.98. The highest BCUT2D eigenvalue weighted by atomic mass is 19.1. The van der Waals surface area contributed by atoms with Gasteiger partial charge < -0.3 is 10.1 Å². The molecule has 2 aliphatic heterocycles. The number of ether oxygens (including phenoxy) is 1. The van der Waals surface area contributed by atoms with Gasteiger partial charge in [0.25, 0.3) is 11.8 Å². The molecule has 194 valence electrons. The number of fused-ring (bicyclic) bond motifs is 1. The van der Waals surface area contributed by atoms with Crippen molar-refractivity contribution in [3.63, 3.8) is 0 Å². The number of hydrogen-bond acceptors (Lipinski definition) is 6. The summed E-state index contributed by atoms with van der Waals surface area (Å²) in [4.78, 5) is 50.8. The molecule has 0 spiro atoms. The van der Waals surface area contributed by atoms with Gasteiger partial charge in [0.05, 0.1) is 17.2 Å². The van der Waals surface area contributed by atoms with Crippen LogP contribution in [-0.4, -0.2) is 53.9 Å². The van der Waals surface area contributed by atoms with Crippen LogP contribution in [-0.2, 0) is 9.59 Å². The summed E-state index contributed by atoms with van der Waals surface area (Å²) in [6.07, 6.45) is -1.34. The minimum atomic E-state index is -1.42. The summed E-state index contributed by atoms with van der Waals surface area (Å²) in [5.41, 5.74) is 2.06. The number of nitrogens with one attached hydrogen (secondary N) is 2. The van der Waals surface area contributed by atoms with Crippen molar-refractivity contribution in [1.82, 2.24) is 15.5 Å². The normalized spacial score (nSPS) is 17.9. The molecule has 2 unspecified atom stereocenters. The molecule has 1 fully saturated rings. The Morgan fingerprint density at radius 2 is 1.55 bits per heavy atom. The van der Waals surface area contributed by atoms with Crippen LogP contribution in [0.1, 0.15) is 50.7 Å². The second-order valence-corrected chi connectivity index (χ2v) is 9.20. The molecular weight excluding hydrogens is 489 g/mol.